The van der Waals surface area contributed by atoms with Crippen molar-refractivity contribution in [1.82, 2.24) is 14.6 Å². The fraction of sp³-hybridized carbons (Fsp3) is 0.143. The van der Waals surface area contributed by atoms with E-state index in [4.69, 9.17) is 0 Å². The zero-order valence-corrected chi connectivity index (χ0v) is 14.8. The minimum absolute atomic E-state index is 0.149. The maximum Gasteiger partial charge on any atom is 0.433 e. The van der Waals surface area contributed by atoms with Gasteiger partial charge in [-0.3, -0.25) is 0 Å². The predicted molar refractivity (Wildman–Crippen MR) is 97.4 cm³/mol. The summed E-state index contributed by atoms with van der Waals surface area (Å²) in [5.74, 6) is -0.376. The highest BCUT2D eigenvalue weighted by atomic mass is 19.4. The van der Waals surface area contributed by atoms with E-state index < -0.39 is 11.9 Å². The lowest BCUT2D eigenvalue weighted by atomic mass is 10.0. The van der Waals surface area contributed by atoms with Crippen LogP contribution in [0.3, 0.4) is 0 Å². The molecular weight excluding hydrogens is 370 g/mol. The van der Waals surface area contributed by atoms with Crippen molar-refractivity contribution in [3.05, 3.63) is 89.1 Å². The molecule has 0 aliphatic heterocycles. The Balaban J connectivity index is 1.98. The maximum atomic E-state index is 13.6. The molecule has 4 rings (SSSR count). The van der Waals surface area contributed by atoms with Crippen LogP contribution in [0.5, 0.6) is 0 Å². The Bertz CT molecular complexity index is 1130. The first-order valence-electron chi connectivity index (χ1n) is 8.59. The van der Waals surface area contributed by atoms with Crippen LogP contribution in [0.25, 0.3) is 16.8 Å². The molecule has 0 unspecified atom stereocenters. The average Bonchev–Trinajstić information content (AvgIpc) is 3.00. The minimum atomic E-state index is -4.57. The maximum absolute atomic E-state index is 13.6. The molecule has 0 spiro atoms. The van der Waals surface area contributed by atoms with Crippen LogP contribution < -0.4 is 0 Å². The van der Waals surface area contributed by atoms with E-state index in [9.17, 15) is 17.6 Å². The Morgan fingerprint density at radius 3 is 2.29 bits per heavy atom. The lowest BCUT2D eigenvalue weighted by Crippen LogP contribution is -2.14. The van der Waals surface area contributed by atoms with Crippen LogP contribution in [0.4, 0.5) is 17.6 Å². The van der Waals surface area contributed by atoms with Gasteiger partial charge < -0.3 is 0 Å². The summed E-state index contributed by atoms with van der Waals surface area (Å²) in [5, 5.41) is 4.25. The number of aryl methyl sites for hydroxylation is 1. The minimum Gasteiger partial charge on any atom is -0.233 e. The van der Waals surface area contributed by atoms with Gasteiger partial charge in [-0.2, -0.15) is 18.3 Å². The third-order valence-corrected chi connectivity index (χ3v) is 4.43. The summed E-state index contributed by atoms with van der Waals surface area (Å²) in [7, 11) is 0. The fourth-order valence-electron chi connectivity index (χ4n) is 3.20. The molecule has 0 bridgehead atoms. The normalized spacial score (nSPS) is 11.9. The standard InChI is InChI=1S/C21H15F4N3/c1-13-11-18(21(23,24)25)28-20(26-13)19(15-5-3-2-4-6-15)17(27-28)12-14-7-9-16(22)10-8-14/h2-11H,12H2,1H3. The van der Waals surface area contributed by atoms with Gasteiger partial charge in [-0.05, 0) is 36.2 Å². The van der Waals surface area contributed by atoms with E-state index in [1.807, 2.05) is 18.2 Å². The molecule has 3 nitrogen and oxygen atoms in total. The first kappa shape index (κ1) is 18.2. The number of halogens is 4. The Kier molecular flexibility index (Phi) is 4.37. The summed E-state index contributed by atoms with van der Waals surface area (Å²) in [6.07, 6.45) is -4.32. The molecule has 0 saturated carbocycles. The molecule has 7 heteroatoms. The largest absolute Gasteiger partial charge is 0.433 e. The Hall–Kier alpha value is -3.22. The molecule has 2 aromatic heterocycles. The zero-order chi connectivity index (χ0) is 19.9. The van der Waals surface area contributed by atoms with E-state index in [0.717, 1.165) is 21.7 Å². The van der Waals surface area contributed by atoms with Crippen molar-refractivity contribution in [2.45, 2.75) is 19.5 Å². The van der Waals surface area contributed by atoms with E-state index in [0.29, 0.717) is 11.3 Å². The average molecular weight is 385 g/mol. The van der Waals surface area contributed by atoms with Crippen molar-refractivity contribution in [1.29, 1.82) is 0 Å². The number of aromatic nitrogens is 3. The summed E-state index contributed by atoms with van der Waals surface area (Å²) in [5.41, 5.74) is 1.98. The molecule has 0 atom stereocenters. The van der Waals surface area contributed by atoms with Crippen LogP contribution >= 0.6 is 0 Å². The van der Waals surface area contributed by atoms with Crippen molar-refractivity contribution in [3.63, 3.8) is 0 Å². The van der Waals surface area contributed by atoms with Gasteiger partial charge in [0.1, 0.15) is 11.5 Å². The quantitative estimate of drug-likeness (QED) is 0.439. The van der Waals surface area contributed by atoms with E-state index >= 15 is 0 Å². The highest BCUT2D eigenvalue weighted by Crippen LogP contribution is 2.35. The van der Waals surface area contributed by atoms with Crippen molar-refractivity contribution in [2.24, 2.45) is 0 Å². The number of hydrogen-bond acceptors (Lipinski definition) is 2. The molecule has 0 aliphatic rings. The number of alkyl halides is 3. The number of hydrogen-bond donors (Lipinski definition) is 0. The van der Waals surface area contributed by atoms with E-state index in [1.165, 1.54) is 19.1 Å². The topological polar surface area (TPSA) is 30.2 Å². The van der Waals surface area contributed by atoms with E-state index in [2.05, 4.69) is 10.1 Å². The second kappa shape index (κ2) is 6.74. The molecular formula is C21H15F4N3. The van der Waals surface area contributed by atoms with Gasteiger partial charge in [0, 0.05) is 12.1 Å². The molecule has 28 heavy (non-hydrogen) atoms. The van der Waals surface area contributed by atoms with Crippen molar-refractivity contribution < 1.29 is 17.6 Å². The van der Waals surface area contributed by atoms with Gasteiger partial charge in [-0.1, -0.05) is 42.5 Å². The van der Waals surface area contributed by atoms with Gasteiger partial charge in [-0.25, -0.2) is 13.9 Å². The third kappa shape index (κ3) is 3.35. The molecule has 0 amide bonds. The van der Waals surface area contributed by atoms with Crippen LogP contribution in [0.2, 0.25) is 0 Å². The van der Waals surface area contributed by atoms with Gasteiger partial charge in [-0.15, -0.1) is 0 Å². The molecule has 0 fully saturated rings. The summed E-state index contributed by atoms with van der Waals surface area (Å²) < 4.78 is 54.8. The Morgan fingerprint density at radius 2 is 1.64 bits per heavy atom. The van der Waals surface area contributed by atoms with Gasteiger partial charge in [0.25, 0.3) is 0 Å². The van der Waals surface area contributed by atoms with Crippen LogP contribution in [0.1, 0.15) is 22.6 Å². The van der Waals surface area contributed by atoms with Crippen molar-refractivity contribution >= 4 is 5.65 Å². The second-order valence-electron chi connectivity index (χ2n) is 6.51. The molecule has 2 aromatic carbocycles. The van der Waals surface area contributed by atoms with Gasteiger partial charge in [0.15, 0.2) is 5.65 Å². The van der Waals surface area contributed by atoms with Crippen LogP contribution in [0, 0.1) is 12.7 Å². The molecule has 0 radical (unpaired) electrons. The van der Waals surface area contributed by atoms with Crippen molar-refractivity contribution in [3.8, 4) is 11.1 Å². The first-order chi connectivity index (χ1) is 13.3. The molecule has 142 valence electrons. The molecule has 0 saturated heterocycles. The predicted octanol–water partition coefficient (Wildman–Crippen LogP) is 5.45. The van der Waals surface area contributed by atoms with Gasteiger partial charge in [0.05, 0.1) is 11.3 Å². The Labute approximate surface area is 158 Å². The second-order valence-corrected chi connectivity index (χ2v) is 6.51. The van der Waals surface area contributed by atoms with Gasteiger partial charge in [0.2, 0.25) is 0 Å². The smallest absolute Gasteiger partial charge is 0.233 e. The van der Waals surface area contributed by atoms with E-state index in [-0.39, 0.29) is 23.6 Å². The molecule has 0 N–H and O–H groups in total. The van der Waals surface area contributed by atoms with Gasteiger partial charge >= 0.3 is 6.18 Å². The fourth-order valence-corrected chi connectivity index (χ4v) is 3.20. The van der Waals surface area contributed by atoms with E-state index in [1.54, 1.807) is 24.3 Å². The van der Waals surface area contributed by atoms with Crippen LogP contribution in [-0.4, -0.2) is 14.6 Å². The van der Waals surface area contributed by atoms with Crippen molar-refractivity contribution in [2.75, 3.05) is 0 Å². The molecule has 0 aliphatic carbocycles. The summed E-state index contributed by atoms with van der Waals surface area (Å²) >= 11 is 0. The monoisotopic (exact) mass is 385 g/mol. The van der Waals surface area contributed by atoms with Crippen LogP contribution in [-0.2, 0) is 12.6 Å². The number of fused-ring (bicyclic) bond motifs is 1. The number of rotatable bonds is 3. The van der Waals surface area contributed by atoms with Crippen LogP contribution in [0.15, 0.2) is 60.7 Å². The third-order valence-electron chi connectivity index (χ3n) is 4.43. The molecule has 2 heterocycles. The summed E-state index contributed by atoms with van der Waals surface area (Å²) in [6, 6.07) is 15.9. The molecule has 4 aromatic rings. The number of benzene rings is 2. The summed E-state index contributed by atoms with van der Waals surface area (Å²) in [6.45, 7) is 1.52. The lowest BCUT2D eigenvalue weighted by Gasteiger charge is -2.09. The zero-order valence-electron chi connectivity index (χ0n) is 14.8. The lowest BCUT2D eigenvalue weighted by molar-refractivity contribution is -0.142. The summed E-state index contributed by atoms with van der Waals surface area (Å²) in [4.78, 5) is 4.34. The first-order valence-corrected chi connectivity index (χ1v) is 8.59. The SMILES string of the molecule is Cc1cc(C(F)(F)F)n2nc(Cc3ccc(F)cc3)c(-c3ccccc3)c2n1. The Morgan fingerprint density at radius 1 is 0.964 bits per heavy atom. The highest BCUT2D eigenvalue weighted by Gasteiger charge is 2.35. The number of nitrogens with zero attached hydrogens (tertiary/aromatic N) is 3. The highest BCUT2D eigenvalue weighted by molar-refractivity contribution is 5.80.